The smallest absolute Gasteiger partial charge is 0.326 e. The van der Waals surface area contributed by atoms with E-state index in [2.05, 4.69) is 62.5 Å². The number of phenols is 2. The summed E-state index contributed by atoms with van der Waals surface area (Å²) in [6.45, 7) is 6.85. The fourth-order valence-corrected chi connectivity index (χ4v) is 8.76. The minimum atomic E-state index is -1.43. The lowest BCUT2D eigenvalue weighted by atomic mass is 9.99. The number of carbonyl (C=O) groups is 9. The van der Waals surface area contributed by atoms with Crippen LogP contribution in [0.5, 0.6) is 11.5 Å². The van der Waals surface area contributed by atoms with E-state index in [4.69, 9.17) is 34.4 Å². The van der Waals surface area contributed by atoms with Gasteiger partial charge in [0.05, 0.1) is 18.9 Å². The maximum absolute atomic E-state index is 14.6. The summed E-state index contributed by atoms with van der Waals surface area (Å²) in [5.41, 5.74) is 35.6. The van der Waals surface area contributed by atoms with Crippen LogP contribution in [-0.2, 0) is 62.4 Å². The number of rotatable bonds is 39. The number of guanidine groups is 2. The number of benzene rings is 2. The molecule has 30 heteroatoms. The molecule has 3 rings (SSSR count). The van der Waals surface area contributed by atoms with Crippen molar-refractivity contribution in [3.05, 3.63) is 77.9 Å². The van der Waals surface area contributed by atoms with Gasteiger partial charge in [0.2, 0.25) is 47.3 Å². The number of carbonyl (C=O) groups excluding carboxylic acids is 8. The summed E-state index contributed by atoms with van der Waals surface area (Å²) < 4.78 is 0. The lowest BCUT2D eigenvalue weighted by Gasteiger charge is -2.28. The summed E-state index contributed by atoms with van der Waals surface area (Å²) in [7, 11) is 0. The highest BCUT2D eigenvalue weighted by molar-refractivity contribution is 5.98. The van der Waals surface area contributed by atoms with Gasteiger partial charge in [0, 0.05) is 37.8 Å². The zero-order chi connectivity index (χ0) is 63.9. The molecular weight excluding hydrogens is 1120 g/mol. The Morgan fingerprint density at radius 3 is 1.42 bits per heavy atom. The maximum Gasteiger partial charge on any atom is 0.326 e. The van der Waals surface area contributed by atoms with E-state index in [0.717, 1.165) is 0 Å². The number of nitrogens with zero attached hydrogens (tertiary/aromatic N) is 3. The van der Waals surface area contributed by atoms with Gasteiger partial charge >= 0.3 is 5.97 Å². The van der Waals surface area contributed by atoms with Crippen LogP contribution in [0.15, 0.2) is 71.0 Å². The number of amides is 8. The number of phenolic OH excluding ortho intramolecular Hbond substituents is 2. The van der Waals surface area contributed by atoms with Crippen molar-refractivity contribution in [2.45, 2.75) is 153 Å². The van der Waals surface area contributed by atoms with Crippen LogP contribution in [0.1, 0.15) is 102 Å². The summed E-state index contributed by atoms with van der Waals surface area (Å²) in [5, 5.41) is 50.5. The fraction of sp³-hybridized carbons (Fsp3) is 0.536. The van der Waals surface area contributed by atoms with Crippen LogP contribution in [0.4, 0.5) is 0 Å². The first-order chi connectivity index (χ1) is 40.7. The number of carboxylic acid groups (broad SMARTS) is 1. The molecule has 0 saturated heterocycles. The van der Waals surface area contributed by atoms with Crippen molar-refractivity contribution in [3.8, 4) is 11.5 Å². The Hall–Kier alpha value is -9.06. The molecule has 1 heterocycles. The van der Waals surface area contributed by atoms with Gasteiger partial charge in [-0.25, -0.2) is 9.78 Å². The van der Waals surface area contributed by atoms with Crippen LogP contribution in [0.25, 0.3) is 0 Å². The standard InChI is InChI=1S/C56H88N18O12/c1-31(2)23-42(71-53(84)43(26-34-14-18-37(76)19-15-34)72-50(81)40(10-7-21-64-55(59)60)69-47(78)38(58)25-33-12-16-36(75)17-13-33)52(83)70-41(11-8-22-65-56(61)62)51(82)73-44(27-35-28-63-30-67-35)48(79)66-29-46(77)68-39(9-5-6-20-57)49(80)74-45(54(85)86)24-32(3)4/h12-19,28,30-32,38-45,75-76H,5-11,20-27,29,57-58H2,1-4H3,(H,63,67)(H,66,79)(H,68,77)(H,69,78)(H,70,83)(H,71,84)(H,72,81)(H,73,82)(H,74,80)(H,85,86)(H4,59,60,64)(H4,61,62,65)/t38-,39-,40-,41-,42-,43-,44-,45-/m0/s1. The normalized spacial score (nSPS) is 13.9. The van der Waals surface area contributed by atoms with E-state index >= 15 is 0 Å². The van der Waals surface area contributed by atoms with E-state index in [9.17, 15) is 58.5 Å². The Kier molecular flexibility index (Phi) is 30.9. The van der Waals surface area contributed by atoms with E-state index in [-0.39, 0.29) is 113 Å². The molecule has 0 aliphatic heterocycles. The minimum absolute atomic E-state index is 0.00270. The Labute approximate surface area is 499 Å². The number of unbranched alkanes of at least 4 members (excludes halogenated alkanes) is 1. The molecule has 0 aliphatic rings. The largest absolute Gasteiger partial charge is 0.508 e. The van der Waals surface area contributed by atoms with Gasteiger partial charge in [-0.15, -0.1) is 0 Å². The number of aromatic amines is 1. The lowest BCUT2D eigenvalue weighted by molar-refractivity contribution is -0.142. The number of aliphatic imine (C=N–C) groups is 2. The molecule has 0 fully saturated rings. The van der Waals surface area contributed by atoms with Crippen molar-refractivity contribution < 1.29 is 58.5 Å². The topological polar surface area (TPSA) is 520 Å². The van der Waals surface area contributed by atoms with Gasteiger partial charge in [0.25, 0.3) is 0 Å². The Bertz CT molecular complexity index is 2720. The third-order valence-electron chi connectivity index (χ3n) is 13.2. The van der Waals surface area contributed by atoms with E-state index in [1.807, 2.05) is 0 Å². The molecule has 8 amide bonds. The zero-order valence-corrected chi connectivity index (χ0v) is 49.2. The van der Waals surface area contributed by atoms with Crippen LogP contribution in [0, 0.1) is 11.8 Å². The number of aliphatic carboxylic acids is 1. The molecule has 474 valence electrons. The average molecular weight is 1210 g/mol. The quantitative estimate of drug-likeness (QED) is 0.0155. The second kappa shape index (κ2) is 37.3. The number of hydrogen-bond donors (Lipinski definition) is 18. The summed E-state index contributed by atoms with van der Waals surface area (Å²) in [5.74, 6) is -8.60. The SMILES string of the molecule is CC(C)C[C@H](NC(=O)[C@H](CCCCN)NC(=O)CNC(=O)[C@H](Cc1cnc[nH]1)NC(=O)[C@H](CCCN=C(N)N)NC(=O)[C@H](CC(C)C)NC(=O)[C@H](Cc1ccc(O)cc1)NC(=O)[C@H](CCCN=C(N)N)NC(=O)[C@@H](N)Cc1ccc(O)cc1)C(=O)O. The second-order valence-corrected chi connectivity index (χ2v) is 21.6. The van der Waals surface area contributed by atoms with Crippen LogP contribution in [0.2, 0.25) is 0 Å². The molecule has 2 aromatic carbocycles. The predicted molar refractivity (Wildman–Crippen MR) is 320 cm³/mol. The first-order valence-electron chi connectivity index (χ1n) is 28.5. The molecule has 0 radical (unpaired) electrons. The number of nitrogens with one attached hydrogen (secondary N) is 9. The summed E-state index contributed by atoms with van der Waals surface area (Å²) >= 11 is 0. The minimum Gasteiger partial charge on any atom is -0.508 e. The Balaban J connectivity index is 1.93. The van der Waals surface area contributed by atoms with Gasteiger partial charge in [0.1, 0.15) is 53.8 Å². The van der Waals surface area contributed by atoms with Gasteiger partial charge in [0.15, 0.2) is 11.9 Å². The Morgan fingerprint density at radius 1 is 0.523 bits per heavy atom. The van der Waals surface area contributed by atoms with Gasteiger partial charge in [-0.05, 0) is 118 Å². The molecule has 0 bridgehead atoms. The van der Waals surface area contributed by atoms with Crippen LogP contribution >= 0.6 is 0 Å². The second-order valence-electron chi connectivity index (χ2n) is 21.6. The molecule has 86 heavy (non-hydrogen) atoms. The number of carboxylic acids is 1. The average Bonchev–Trinajstić information content (AvgIpc) is 3.45. The van der Waals surface area contributed by atoms with Crippen molar-refractivity contribution in [2.75, 3.05) is 26.2 Å². The van der Waals surface area contributed by atoms with Crippen molar-refractivity contribution in [2.24, 2.45) is 56.2 Å². The van der Waals surface area contributed by atoms with Crippen LogP contribution < -0.4 is 76.9 Å². The number of aromatic hydroxyl groups is 2. The predicted octanol–water partition coefficient (Wildman–Crippen LogP) is -2.90. The third kappa shape index (κ3) is 27.6. The maximum atomic E-state index is 14.6. The van der Waals surface area contributed by atoms with Gasteiger partial charge in [-0.3, -0.25) is 48.3 Å². The molecule has 0 unspecified atom stereocenters. The third-order valence-corrected chi connectivity index (χ3v) is 13.2. The highest BCUT2D eigenvalue weighted by atomic mass is 16.4. The molecule has 0 saturated carbocycles. The highest BCUT2D eigenvalue weighted by Gasteiger charge is 2.35. The van der Waals surface area contributed by atoms with Gasteiger partial charge < -0.3 is 97.2 Å². The number of aromatic nitrogens is 2. The van der Waals surface area contributed by atoms with Crippen molar-refractivity contribution >= 4 is 65.1 Å². The summed E-state index contributed by atoms with van der Waals surface area (Å²) in [6, 6.07) is 1.36. The van der Waals surface area contributed by atoms with Gasteiger partial charge in [-0.2, -0.15) is 0 Å². The number of imidazole rings is 1. The summed E-state index contributed by atoms with van der Waals surface area (Å²) in [6.07, 6.45) is 3.73. The van der Waals surface area contributed by atoms with E-state index in [0.29, 0.717) is 36.2 Å². The molecule has 1 aromatic heterocycles. The van der Waals surface area contributed by atoms with Crippen LogP contribution in [-0.4, -0.2) is 165 Å². The highest BCUT2D eigenvalue weighted by Crippen LogP contribution is 2.16. The van der Waals surface area contributed by atoms with E-state index < -0.39 is 108 Å². The fourth-order valence-electron chi connectivity index (χ4n) is 8.76. The van der Waals surface area contributed by atoms with E-state index in [1.165, 1.54) is 48.9 Å². The molecule has 30 nitrogen and oxygen atoms in total. The number of hydrogen-bond acceptors (Lipinski definition) is 16. The number of nitrogens with two attached hydrogens (primary N) is 6. The van der Waals surface area contributed by atoms with Crippen molar-refractivity contribution in [3.63, 3.8) is 0 Å². The number of H-pyrrole nitrogens is 1. The zero-order valence-electron chi connectivity index (χ0n) is 49.2. The molecular formula is C56H88N18O12. The lowest BCUT2D eigenvalue weighted by Crippen LogP contribution is -2.60. The molecule has 24 N–H and O–H groups in total. The van der Waals surface area contributed by atoms with Gasteiger partial charge in [-0.1, -0.05) is 52.0 Å². The monoisotopic (exact) mass is 1200 g/mol. The first kappa shape index (κ1) is 71.2. The molecule has 0 aliphatic carbocycles. The molecule has 8 atom stereocenters. The Morgan fingerprint density at radius 2 is 0.942 bits per heavy atom. The molecule has 3 aromatic rings. The first-order valence-corrected chi connectivity index (χ1v) is 28.5. The van der Waals surface area contributed by atoms with E-state index in [1.54, 1.807) is 39.8 Å². The van der Waals surface area contributed by atoms with Crippen LogP contribution in [0.3, 0.4) is 0 Å². The summed E-state index contributed by atoms with van der Waals surface area (Å²) in [4.78, 5) is 139. The van der Waals surface area contributed by atoms with Crippen molar-refractivity contribution in [1.82, 2.24) is 52.5 Å². The van der Waals surface area contributed by atoms with Crippen molar-refractivity contribution in [1.29, 1.82) is 0 Å². The molecule has 0 spiro atoms.